The van der Waals surface area contributed by atoms with Gasteiger partial charge in [0.15, 0.2) is 0 Å². The van der Waals surface area contributed by atoms with E-state index in [1.165, 1.54) is 13.2 Å². The molecule has 8 nitrogen and oxygen atoms in total. The Morgan fingerprint density at radius 3 is 2.29 bits per heavy atom. The summed E-state index contributed by atoms with van der Waals surface area (Å²) in [4.78, 5) is 28.5. The maximum absolute atomic E-state index is 13.1. The Labute approximate surface area is 221 Å². The van der Waals surface area contributed by atoms with Gasteiger partial charge in [-0.3, -0.25) is 4.79 Å². The third-order valence-electron chi connectivity index (χ3n) is 5.45. The molecular formula is C27H36F3N3O5. The van der Waals surface area contributed by atoms with Crippen LogP contribution in [0.1, 0.15) is 75.8 Å². The van der Waals surface area contributed by atoms with Crippen molar-refractivity contribution in [2.75, 3.05) is 13.7 Å². The summed E-state index contributed by atoms with van der Waals surface area (Å²) in [7, 11) is 1.48. The van der Waals surface area contributed by atoms with E-state index >= 15 is 0 Å². The Balaban J connectivity index is 2.09. The van der Waals surface area contributed by atoms with Crippen molar-refractivity contribution < 1.29 is 37.0 Å². The van der Waals surface area contributed by atoms with Gasteiger partial charge in [-0.05, 0) is 57.9 Å². The van der Waals surface area contributed by atoms with Crippen molar-refractivity contribution in [1.82, 2.24) is 15.6 Å². The first-order chi connectivity index (χ1) is 17.7. The van der Waals surface area contributed by atoms with Crippen LogP contribution in [-0.4, -0.2) is 36.3 Å². The van der Waals surface area contributed by atoms with Crippen LogP contribution in [0.15, 0.2) is 30.3 Å². The first-order valence-corrected chi connectivity index (χ1v) is 12.4. The smallest absolute Gasteiger partial charge is 0.433 e. The van der Waals surface area contributed by atoms with Crippen molar-refractivity contribution in [3.63, 3.8) is 0 Å². The normalized spacial score (nSPS) is 12.4. The Morgan fingerprint density at radius 1 is 1.03 bits per heavy atom. The Morgan fingerprint density at radius 2 is 1.68 bits per heavy atom. The number of carbonyl (C=O) groups excluding carboxylic acids is 2. The van der Waals surface area contributed by atoms with Crippen LogP contribution in [-0.2, 0) is 28.8 Å². The summed E-state index contributed by atoms with van der Waals surface area (Å²) in [6, 6.07) is 7.33. The first-order valence-electron chi connectivity index (χ1n) is 12.4. The van der Waals surface area contributed by atoms with Gasteiger partial charge in [0, 0.05) is 24.2 Å². The van der Waals surface area contributed by atoms with Crippen molar-refractivity contribution in [3.05, 3.63) is 52.7 Å². The van der Waals surface area contributed by atoms with Crippen molar-refractivity contribution in [3.8, 4) is 11.6 Å². The zero-order valence-electron chi connectivity index (χ0n) is 22.6. The molecule has 38 heavy (non-hydrogen) atoms. The van der Waals surface area contributed by atoms with E-state index in [4.69, 9.17) is 14.2 Å². The van der Waals surface area contributed by atoms with E-state index < -0.39 is 29.5 Å². The minimum Gasteiger partial charge on any atom is -0.496 e. The zero-order valence-corrected chi connectivity index (χ0v) is 22.6. The number of carbonyl (C=O) groups is 2. The number of aromatic nitrogens is 1. The van der Waals surface area contributed by atoms with Crippen LogP contribution in [0.3, 0.4) is 0 Å². The fourth-order valence-corrected chi connectivity index (χ4v) is 3.34. The lowest BCUT2D eigenvalue weighted by atomic mass is 9.98. The number of nitrogens with one attached hydrogen (secondary N) is 2. The lowest BCUT2D eigenvalue weighted by Crippen LogP contribution is -2.32. The molecule has 0 saturated carbocycles. The molecule has 2 N–H and O–H groups in total. The molecule has 1 aromatic heterocycles. The molecule has 2 aromatic rings. The summed E-state index contributed by atoms with van der Waals surface area (Å²) in [5.41, 5.74) is 0.0148. The molecule has 2 amide bonds. The van der Waals surface area contributed by atoms with Gasteiger partial charge in [-0.2, -0.15) is 13.2 Å². The fourth-order valence-electron chi connectivity index (χ4n) is 3.34. The van der Waals surface area contributed by atoms with E-state index in [9.17, 15) is 22.8 Å². The van der Waals surface area contributed by atoms with Crippen molar-refractivity contribution in [1.29, 1.82) is 0 Å². The second-order valence-corrected chi connectivity index (χ2v) is 9.73. The summed E-state index contributed by atoms with van der Waals surface area (Å²) in [5, 5.41) is 5.41. The van der Waals surface area contributed by atoms with Gasteiger partial charge >= 0.3 is 12.3 Å². The average molecular weight is 540 g/mol. The average Bonchev–Trinajstić information content (AvgIpc) is 2.84. The maximum atomic E-state index is 13.1. The number of ether oxygens (including phenoxy) is 3. The minimum absolute atomic E-state index is 0.0508. The van der Waals surface area contributed by atoms with E-state index in [0.29, 0.717) is 28.9 Å². The van der Waals surface area contributed by atoms with E-state index in [1.54, 1.807) is 45.9 Å². The molecule has 0 fully saturated rings. The highest BCUT2D eigenvalue weighted by atomic mass is 19.4. The van der Waals surface area contributed by atoms with Gasteiger partial charge in [0.25, 0.3) is 0 Å². The van der Waals surface area contributed by atoms with Crippen LogP contribution in [0.2, 0.25) is 0 Å². The van der Waals surface area contributed by atoms with Gasteiger partial charge in [-0.15, -0.1) is 0 Å². The summed E-state index contributed by atoms with van der Waals surface area (Å²) >= 11 is 0. The van der Waals surface area contributed by atoms with Crippen LogP contribution in [0.4, 0.5) is 18.0 Å². The van der Waals surface area contributed by atoms with E-state index in [1.807, 2.05) is 6.92 Å². The highest BCUT2D eigenvalue weighted by Crippen LogP contribution is 2.31. The summed E-state index contributed by atoms with van der Waals surface area (Å²) in [5.74, 6) is -0.601. The SMILES string of the molecule is CCCCOc1nc(C(F)(F)F)ccc1CNC(=O)C(C)c1ccc(CNC(=O)OC(C)(C)C)c(OC)c1. The number of pyridine rings is 1. The number of amides is 2. The minimum atomic E-state index is -4.60. The molecule has 0 saturated heterocycles. The second kappa shape index (κ2) is 13.3. The molecule has 210 valence electrons. The molecule has 1 aromatic carbocycles. The summed E-state index contributed by atoms with van der Waals surface area (Å²) in [6.45, 7) is 9.27. The number of alkyl halides is 3. The van der Waals surface area contributed by atoms with Crippen LogP contribution in [0.5, 0.6) is 11.6 Å². The van der Waals surface area contributed by atoms with Gasteiger partial charge in [-0.1, -0.05) is 25.5 Å². The number of benzene rings is 1. The van der Waals surface area contributed by atoms with Crippen LogP contribution < -0.4 is 20.1 Å². The number of halogens is 3. The quantitative estimate of drug-likeness (QED) is 0.354. The van der Waals surface area contributed by atoms with Crippen molar-refractivity contribution in [2.45, 2.75) is 78.2 Å². The monoisotopic (exact) mass is 539 g/mol. The van der Waals surface area contributed by atoms with Gasteiger partial charge in [0.1, 0.15) is 17.0 Å². The highest BCUT2D eigenvalue weighted by Gasteiger charge is 2.33. The molecule has 2 rings (SSSR count). The van der Waals surface area contributed by atoms with Crippen molar-refractivity contribution >= 4 is 12.0 Å². The molecule has 1 unspecified atom stereocenters. The standard InChI is InChI=1S/C27H36F3N3O5/c1-7-8-13-37-24-20(11-12-22(33-24)27(28,29)30)16-31-23(34)17(2)18-9-10-19(21(14-18)36-6)15-32-25(35)38-26(3,4)5/h9-12,14,17H,7-8,13,15-16H2,1-6H3,(H,31,34)(H,32,35). The predicted molar refractivity (Wildman–Crippen MR) is 136 cm³/mol. The molecule has 0 spiro atoms. The number of methoxy groups -OCH3 is 1. The van der Waals surface area contributed by atoms with E-state index in [0.717, 1.165) is 12.5 Å². The molecular weight excluding hydrogens is 503 g/mol. The molecule has 0 aliphatic heterocycles. The lowest BCUT2D eigenvalue weighted by Gasteiger charge is -2.20. The number of hydrogen-bond acceptors (Lipinski definition) is 6. The fraction of sp³-hybridized carbons (Fsp3) is 0.519. The molecule has 0 bridgehead atoms. The maximum Gasteiger partial charge on any atom is 0.433 e. The van der Waals surface area contributed by atoms with E-state index in [2.05, 4.69) is 15.6 Å². The molecule has 11 heteroatoms. The Kier molecular flexibility index (Phi) is 10.8. The Bertz CT molecular complexity index is 1100. The van der Waals surface area contributed by atoms with Gasteiger partial charge in [-0.25, -0.2) is 9.78 Å². The number of nitrogens with zero attached hydrogens (tertiary/aromatic N) is 1. The first kappa shape index (κ1) is 30.7. The summed E-state index contributed by atoms with van der Waals surface area (Å²) in [6.07, 6.45) is -3.70. The van der Waals surface area contributed by atoms with Crippen LogP contribution in [0, 0.1) is 0 Å². The number of unbranched alkanes of at least 4 members (excludes halogenated alkanes) is 1. The topological polar surface area (TPSA) is 98.8 Å². The van der Waals surface area contributed by atoms with Crippen LogP contribution in [0.25, 0.3) is 0 Å². The zero-order chi connectivity index (χ0) is 28.5. The lowest BCUT2D eigenvalue weighted by molar-refractivity contribution is -0.141. The molecule has 0 aliphatic rings. The molecule has 1 atom stereocenters. The molecule has 0 radical (unpaired) electrons. The number of rotatable bonds is 11. The molecule has 0 aliphatic carbocycles. The summed E-state index contributed by atoms with van der Waals surface area (Å²) < 4.78 is 55.5. The number of alkyl carbamates (subject to hydrolysis) is 1. The van der Waals surface area contributed by atoms with Gasteiger partial charge in [0.05, 0.1) is 19.6 Å². The largest absolute Gasteiger partial charge is 0.496 e. The highest BCUT2D eigenvalue weighted by molar-refractivity contribution is 5.83. The molecule has 1 heterocycles. The second-order valence-electron chi connectivity index (χ2n) is 9.73. The third-order valence-corrected chi connectivity index (χ3v) is 5.45. The Hall–Kier alpha value is -3.50. The third kappa shape index (κ3) is 9.42. The van der Waals surface area contributed by atoms with Gasteiger partial charge in [0.2, 0.25) is 11.8 Å². The van der Waals surface area contributed by atoms with Gasteiger partial charge < -0.3 is 24.8 Å². The van der Waals surface area contributed by atoms with Crippen LogP contribution >= 0.6 is 0 Å². The van der Waals surface area contributed by atoms with Crippen molar-refractivity contribution in [2.24, 2.45) is 0 Å². The number of hydrogen-bond donors (Lipinski definition) is 2. The predicted octanol–water partition coefficient (Wildman–Crippen LogP) is 5.73. The van der Waals surface area contributed by atoms with E-state index in [-0.39, 0.29) is 31.5 Å².